The molecule has 2 N–H and O–H groups in total. The Bertz CT molecular complexity index is 770. The van der Waals surface area contributed by atoms with Crippen molar-refractivity contribution in [1.82, 2.24) is 5.32 Å². The summed E-state index contributed by atoms with van der Waals surface area (Å²) in [6, 6.07) is 12.8. The van der Waals surface area contributed by atoms with Gasteiger partial charge in [-0.05, 0) is 54.8 Å². The van der Waals surface area contributed by atoms with Gasteiger partial charge in [0.25, 0.3) is 10.0 Å². The second-order valence-corrected chi connectivity index (χ2v) is 6.95. The van der Waals surface area contributed by atoms with Crippen LogP contribution in [-0.2, 0) is 23.0 Å². The summed E-state index contributed by atoms with van der Waals surface area (Å²) in [5.74, 6) is 0. The van der Waals surface area contributed by atoms with Crippen molar-refractivity contribution in [3.05, 3.63) is 59.2 Å². The molecule has 0 amide bonds. The molecular weight excluding hydrogens is 284 g/mol. The molecule has 0 unspecified atom stereocenters. The maximum absolute atomic E-state index is 12.7. The molecule has 0 saturated heterocycles. The van der Waals surface area contributed by atoms with Gasteiger partial charge >= 0.3 is 0 Å². The number of hydrogen-bond donors (Lipinski definition) is 2. The van der Waals surface area contributed by atoms with Crippen molar-refractivity contribution < 1.29 is 8.42 Å². The first-order valence-corrected chi connectivity index (χ1v) is 8.45. The molecule has 1 aliphatic heterocycles. The molecule has 1 heterocycles. The van der Waals surface area contributed by atoms with Crippen LogP contribution in [0.15, 0.2) is 47.4 Å². The number of sulfonamides is 1. The third-order valence-corrected chi connectivity index (χ3v) is 5.12. The lowest BCUT2D eigenvalue weighted by molar-refractivity contribution is 0.594. The lowest BCUT2D eigenvalue weighted by Gasteiger charge is -2.20. The van der Waals surface area contributed by atoms with E-state index in [1.807, 2.05) is 31.2 Å². The number of rotatable bonds is 3. The summed E-state index contributed by atoms with van der Waals surface area (Å²) in [7, 11) is -3.55. The summed E-state index contributed by atoms with van der Waals surface area (Å²) in [6.45, 7) is 3.47. The fraction of sp³-hybridized carbons (Fsp3) is 0.250. The summed E-state index contributed by atoms with van der Waals surface area (Å²) in [6.07, 6.45) is 0.736. The van der Waals surface area contributed by atoms with E-state index in [9.17, 15) is 8.42 Å². The van der Waals surface area contributed by atoms with Crippen molar-refractivity contribution in [2.45, 2.75) is 24.8 Å². The summed E-state index contributed by atoms with van der Waals surface area (Å²) < 4.78 is 28.0. The Hall–Kier alpha value is -1.85. The van der Waals surface area contributed by atoms with Gasteiger partial charge in [-0.15, -0.1) is 0 Å². The van der Waals surface area contributed by atoms with Gasteiger partial charge in [-0.1, -0.05) is 24.3 Å². The summed E-state index contributed by atoms with van der Waals surface area (Å²) in [4.78, 5) is 0.392. The smallest absolute Gasteiger partial charge is 0.262 e. The normalized spacial score (nSPS) is 14.5. The average molecular weight is 302 g/mol. The second-order valence-electron chi connectivity index (χ2n) is 5.30. The van der Waals surface area contributed by atoms with E-state index < -0.39 is 10.0 Å². The maximum atomic E-state index is 12.7. The average Bonchev–Trinajstić information content (AvgIpc) is 2.46. The van der Waals surface area contributed by atoms with Crippen LogP contribution in [-0.4, -0.2) is 15.0 Å². The quantitative estimate of drug-likeness (QED) is 0.915. The maximum Gasteiger partial charge on any atom is 0.262 e. The molecule has 5 heteroatoms. The lowest BCUT2D eigenvalue weighted by atomic mass is 10.0. The third-order valence-electron chi connectivity index (χ3n) is 3.66. The molecule has 110 valence electrons. The zero-order chi connectivity index (χ0) is 14.9. The Morgan fingerprint density at radius 1 is 1.14 bits per heavy atom. The molecule has 4 nitrogen and oxygen atoms in total. The molecule has 0 spiro atoms. The Balaban J connectivity index is 1.99. The van der Waals surface area contributed by atoms with Crippen molar-refractivity contribution in [3.63, 3.8) is 0 Å². The largest absolute Gasteiger partial charge is 0.312 e. The van der Waals surface area contributed by atoms with Gasteiger partial charge in [-0.2, -0.15) is 0 Å². The van der Waals surface area contributed by atoms with Gasteiger partial charge in [0.2, 0.25) is 0 Å². The number of aryl methyl sites for hydroxylation is 1. The summed E-state index contributed by atoms with van der Waals surface area (Å²) in [5, 5.41) is 3.26. The van der Waals surface area contributed by atoms with Crippen molar-refractivity contribution in [1.29, 1.82) is 0 Å². The van der Waals surface area contributed by atoms with E-state index in [2.05, 4.69) is 10.0 Å². The van der Waals surface area contributed by atoms with Crippen molar-refractivity contribution in [3.8, 4) is 0 Å². The molecule has 0 saturated carbocycles. The van der Waals surface area contributed by atoms with Crippen LogP contribution in [0.2, 0.25) is 0 Å². The van der Waals surface area contributed by atoms with Crippen LogP contribution in [0.25, 0.3) is 0 Å². The van der Waals surface area contributed by atoms with Gasteiger partial charge in [-0.25, -0.2) is 8.42 Å². The van der Waals surface area contributed by atoms with Gasteiger partial charge in [0.15, 0.2) is 0 Å². The van der Waals surface area contributed by atoms with E-state index in [0.717, 1.165) is 36.2 Å². The molecule has 3 rings (SSSR count). The molecule has 0 aliphatic carbocycles. The zero-order valence-corrected chi connectivity index (χ0v) is 12.7. The highest BCUT2D eigenvalue weighted by Gasteiger charge is 2.22. The van der Waals surface area contributed by atoms with Crippen molar-refractivity contribution in [2.24, 2.45) is 0 Å². The van der Waals surface area contributed by atoms with Crippen LogP contribution in [0.4, 0.5) is 5.69 Å². The van der Waals surface area contributed by atoms with Gasteiger partial charge in [0.1, 0.15) is 0 Å². The van der Waals surface area contributed by atoms with Gasteiger partial charge in [-0.3, -0.25) is 4.72 Å². The van der Waals surface area contributed by atoms with Crippen LogP contribution in [0, 0.1) is 6.92 Å². The zero-order valence-electron chi connectivity index (χ0n) is 11.9. The highest BCUT2D eigenvalue weighted by Crippen LogP contribution is 2.25. The van der Waals surface area contributed by atoms with Crippen LogP contribution in [0.3, 0.4) is 0 Å². The molecular formula is C16H18N2O2S. The molecule has 1 aliphatic rings. The Morgan fingerprint density at radius 2 is 1.95 bits per heavy atom. The minimum Gasteiger partial charge on any atom is -0.312 e. The van der Waals surface area contributed by atoms with Crippen molar-refractivity contribution >= 4 is 15.7 Å². The molecule has 0 aromatic heterocycles. The molecule has 0 fully saturated rings. The standard InChI is InChI=1S/C16H18N2O2S/c1-12-4-2-6-14(10-12)18-21(19,20)16-7-3-5-13-11-17-9-8-15(13)16/h2-7,10,17-18H,8-9,11H2,1H3. The van der Waals surface area contributed by atoms with Crippen LogP contribution >= 0.6 is 0 Å². The molecule has 0 radical (unpaired) electrons. The first-order chi connectivity index (χ1) is 10.1. The van der Waals surface area contributed by atoms with E-state index >= 15 is 0 Å². The number of nitrogens with one attached hydrogen (secondary N) is 2. The number of hydrogen-bond acceptors (Lipinski definition) is 3. The highest BCUT2D eigenvalue weighted by atomic mass is 32.2. The fourth-order valence-electron chi connectivity index (χ4n) is 2.67. The van der Waals surface area contributed by atoms with Crippen LogP contribution in [0.5, 0.6) is 0 Å². The third kappa shape index (κ3) is 2.94. The van der Waals surface area contributed by atoms with E-state index in [-0.39, 0.29) is 0 Å². The summed E-state index contributed by atoms with van der Waals surface area (Å²) >= 11 is 0. The Labute approximate surface area is 125 Å². The molecule has 2 aromatic rings. The monoisotopic (exact) mass is 302 g/mol. The molecule has 2 aromatic carbocycles. The Morgan fingerprint density at radius 3 is 2.76 bits per heavy atom. The predicted molar refractivity (Wildman–Crippen MR) is 83.8 cm³/mol. The summed E-state index contributed by atoms with van der Waals surface area (Å²) in [5.41, 5.74) is 3.61. The predicted octanol–water partition coefficient (Wildman–Crippen LogP) is 2.44. The first kappa shape index (κ1) is 14.1. The lowest BCUT2D eigenvalue weighted by Crippen LogP contribution is -2.26. The number of anilines is 1. The second kappa shape index (κ2) is 5.50. The van der Waals surface area contributed by atoms with Gasteiger partial charge in [0.05, 0.1) is 4.90 Å². The Kier molecular flexibility index (Phi) is 3.69. The van der Waals surface area contributed by atoms with Gasteiger partial charge < -0.3 is 5.32 Å². The van der Waals surface area contributed by atoms with E-state index in [1.165, 1.54) is 0 Å². The highest BCUT2D eigenvalue weighted by molar-refractivity contribution is 7.92. The minimum absolute atomic E-state index is 0.392. The first-order valence-electron chi connectivity index (χ1n) is 6.97. The molecule has 21 heavy (non-hydrogen) atoms. The fourth-order valence-corrected chi connectivity index (χ4v) is 4.03. The molecule has 0 bridgehead atoms. The van der Waals surface area contributed by atoms with Crippen LogP contribution < -0.4 is 10.0 Å². The SMILES string of the molecule is Cc1cccc(NS(=O)(=O)c2cccc3c2CCNC3)c1. The van der Waals surface area contributed by atoms with Crippen molar-refractivity contribution in [2.75, 3.05) is 11.3 Å². The van der Waals surface area contributed by atoms with Crippen LogP contribution in [0.1, 0.15) is 16.7 Å². The van der Waals surface area contributed by atoms with E-state index in [4.69, 9.17) is 0 Å². The number of benzene rings is 2. The minimum atomic E-state index is -3.55. The van der Waals surface area contributed by atoms with Gasteiger partial charge in [0, 0.05) is 12.2 Å². The molecule has 0 atom stereocenters. The van der Waals surface area contributed by atoms with E-state index in [1.54, 1.807) is 18.2 Å². The van der Waals surface area contributed by atoms with E-state index in [0.29, 0.717) is 10.6 Å². The topological polar surface area (TPSA) is 58.2 Å². The number of fused-ring (bicyclic) bond motifs is 1.